The smallest absolute Gasteiger partial charge is 0.236 e. The van der Waals surface area contributed by atoms with Gasteiger partial charge in [0, 0.05) is 25.6 Å². The zero-order chi connectivity index (χ0) is 10.8. The summed E-state index contributed by atoms with van der Waals surface area (Å²) in [6, 6.07) is 0. The number of amides is 2. The van der Waals surface area contributed by atoms with Gasteiger partial charge in [-0.1, -0.05) is 15.9 Å². The van der Waals surface area contributed by atoms with E-state index in [9.17, 15) is 9.59 Å². The second-order valence-electron chi connectivity index (χ2n) is 4.15. The number of hydrogen-bond donors (Lipinski definition) is 1. The van der Waals surface area contributed by atoms with Crippen molar-refractivity contribution < 1.29 is 9.59 Å². The summed E-state index contributed by atoms with van der Waals surface area (Å²) in [7, 11) is 0. The Morgan fingerprint density at radius 3 is 2.73 bits per heavy atom. The number of rotatable bonds is 4. The van der Waals surface area contributed by atoms with Gasteiger partial charge in [-0.25, -0.2) is 0 Å². The highest BCUT2D eigenvalue weighted by molar-refractivity contribution is 9.10. The standard InChI is InChI=1S/C10H15BrN2O2/c11-8-3-5-13(10(8)15)6-4-12-9(14)7-1-2-7/h7-8H,1-6H2,(H,12,14). The Labute approximate surface area is 97.5 Å². The Morgan fingerprint density at radius 2 is 2.20 bits per heavy atom. The van der Waals surface area contributed by atoms with Crippen molar-refractivity contribution in [3.63, 3.8) is 0 Å². The highest BCUT2D eigenvalue weighted by atomic mass is 79.9. The molecule has 2 aliphatic rings. The van der Waals surface area contributed by atoms with E-state index >= 15 is 0 Å². The minimum atomic E-state index is -0.0170. The van der Waals surface area contributed by atoms with Crippen molar-refractivity contribution in [2.75, 3.05) is 19.6 Å². The largest absolute Gasteiger partial charge is 0.354 e. The Kier molecular flexibility index (Phi) is 3.29. The second-order valence-corrected chi connectivity index (χ2v) is 5.25. The average molecular weight is 275 g/mol. The summed E-state index contributed by atoms with van der Waals surface area (Å²) < 4.78 is 0. The van der Waals surface area contributed by atoms with Crippen molar-refractivity contribution in [3.05, 3.63) is 0 Å². The fourth-order valence-corrected chi connectivity index (χ4v) is 2.22. The van der Waals surface area contributed by atoms with Gasteiger partial charge < -0.3 is 10.2 Å². The number of likely N-dealkylation sites (tertiary alicyclic amines) is 1. The predicted octanol–water partition coefficient (Wildman–Crippen LogP) is 0.508. The molecule has 1 saturated heterocycles. The fraction of sp³-hybridized carbons (Fsp3) is 0.800. The summed E-state index contributed by atoms with van der Waals surface area (Å²) in [4.78, 5) is 24.6. The summed E-state index contributed by atoms with van der Waals surface area (Å²) >= 11 is 3.32. The molecule has 5 heteroatoms. The molecule has 84 valence electrons. The third-order valence-electron chi connectivity index (χ3n) is 2.86. The first-order chi connectivity index (χ1) is 7.18. The molecule has 1 aliphatic heterocycles. The maximum Gasteiger partial charge on any atom is 0.236 e. The molecule has 1 unspecified atom stereocenters. The van der Waals surface area contributed by atoms with Crippen LogP contribution in [0.3, 0.4) is 0 Å². The number of alkyl halides is 1. The van der Waals surface area contributed by atoms with Crippen molar-refractivity contribution in [1.82, 2.24) is 10.2 Å². The first-order valence-electron chi connectivity index (χ1n) is 5.39. The van der Waals surface area contributed by atoms with Crippen LogP contribution in [0.5, 0.6) is 0 Å². The van der Waals surface area contributed by atoms with Crippen LogP contribution < -0.4 is 5.32 Å². The van der Waals surface area contributed by atoms with E-state index in [4.69, 9.17) is 0 Å². The van der Waals surface area contributed by atoms with E-state index in [-0.39, 0.29) is 22.6 Å². The number of carbonyl (C=O) groups excluding carboxylic acids is 2. The van der Waals surface area contributed by atoms with Crippen molar-refractivity contribution in [2.45, 2.75) is 24.1 Å². The zero-order valence-corrected chi connectivity index (χ0v) is 10.1. The molecule has 1 aliphatic carbocycles. The second kappa shape index (κ2) is 4.51. The van der Waals surface area contributed by atoms with E-state index in [2.05, 4.69) is 21.2 Å². The maximum absolute atomic E-state index is 11.5. The van der Waals surface area contributed by atoms with Gasteiger partial charge in [0.2, 0.25) is 11.8 Å². The van der Waals surface area contributed by atoms with E-state index in [0.717, 1.165) is 25.8 Å². The van der Waals surface area contributed by atoms with Crippen LogP contribution in [0, 0.1) is 5.92 Å². The highest BCUT2D eigenvalue weighted by Gasteiger charge is 2.31. The lowest BCUT2D eigenvalue weighted by molar-refractivity contribution is -0.128. The lowest BCUT2D eigenvalue weighted by Gasteiger charge is -2.15. The molecular weight excluding hydrogens is 260 g/mol. The van der Waals surface area contributed by atoms with Gasteiger partial charge in [0.15, 0.2) is 0 Å². The summed E-state index contributed by atoms with van der Waals surface area (Å²) in [6.07, 6.45) is 2.92. The van der Waals surface area contributed by atoms with Crippen LogP contribution in [0.1, 0.15) is 19.3 Å². The lowest BCUT2D eigenvalue weighted by atomic mass is 10.4. The van der Waals surface area contributed by atoms with Gasteiger partial charge in [-0.15, -0.1) is 0 Å². The highest BCUT2D eigenvalue weighted by Crippen LogP contribution is 2.28. The molecule has 1 saturated carbocycles. The van der Waals surface area contributed by atoms with Crippen LogP contribution in [0.4, 0.5) is 0 Å². The average Bonchev–Trinajstić information content (AvgIpc) is 3.00. The number of nitrogens with one attached hydrogen (secondary N) is 1. The van der Waals surface area contributed by atoms with E-state index in [0.29, 0.717) is 13.1 Å². The Balaban J connectivity index is 1.65. The van der Waals surface area contributed by atoms with Crippen molar-refractivity contribution in [3.8, 4) is 0 Å². The zero-order valence-electron chi connectivity index (χ0n) is 8.54. The number of nitrogens with zero attached hydrogens (tertiary/aromatic N) is 1. The predicted molar refractivity (Wildman–Crippen MR) is 59.6 cm³/mol. The van der Waals surface area contributed by atoms with Crippen LogP contribution in [0.25, 0.3) is 0 Å². The monoisotopic (exact) mass is 274 g/mol. The van der Waals surface area contributed by atoms with Crippen molar-refractivity contribution in [2.24, 2.45) is 5.92 Å². The normalized spacial score (nSPS) is 25.8. The summed E-state index contributed by atoms with van der Waals surface area (Å²) in [5, 5.41) is 2.86. The van der Waals surface area contributed by atoms with Crippen LogP contribution >= 0.6 is 15.9 Å². The Morgan fingerprint density at radius 1 is 1.47 bits per heavy atom. The molecule has 0 radical (unpaired) electrons. The molecule has 0 spiro atoms. The molecule has 0 aromatic carbocycles. The molecule has 4 nitrogen and oxygen atoms in total. The number of hydrogen-bond acceptors (Lipinski definition) is 2. The third kappa shape index (κ3) is 2.71. The van der Waals surface area contributed by atoms with Gasteiger partial charge in [0.05, 0.1) is 4.83 Å². The molecular formula is C10H15BrN2O2. The molecule has 2 amide bonds. The summed E-state index contributed by atoms with van der Waals surface area (Å²) in [6.45, 7) is 2.02. The number of halogens is 1. The summed E-state index contributed by atoms with van der Waals surface area (Å²) in [5.74, 6) is 0.552. The quantitative estimate of drug-likeness (QED) is 0.760. The molecule has 1 atom stereocenters. The minimum absolute atomic E-state index is 0.0170. The van der Waals surface area contributed by atoms with E-state index in [1.807, 2.05) is 0 Å². The molecule has 1 N–H and O–H groups in total. The van der Waals surface area contributed by atoms with Crippen LogP contribution in [0.15, 0.2) is 0 Å². The third-order valence-corrected chi connectivity index (χ3v) is 3.71. The van der Waals surface area contributed by atoms with Gasteiger partial charge >= 0.3 is 0 Å². The molecule has 2 fully saturated rings. The first kappa shape index (κ1) is 10.9. The van der Waals surface area contributed by atoms with Gasteiger partial charge in [-0.3, -0.25) is 9.59 Å². The maximum atomic E-state index is 11.5. The molecule has 0 bridgehead atoms. The van der Waals surface area contributed by atoms with Crippen molar-refractivity contribution >= 4 is 27.7 Å². The van der Waals surface area contributed by atoms with Gasteiger partial charge in [-0.05, 0) is 19.3 Å². The summed E-state index contributed by atoms with van der Waals surface area (Å²) in [5.41, 5.74) is 0. The van der Waals surface area contributed by atoms with Crippen molar-refractivity contribution in [1.29, 1.82) is 0 Å². The van der Waals surface area contributed by atoms with Gasteiger partial charge in [-0.2, -0.15) is 0 Å². The van der Waals surface area contributed by atoms with Gasteiger partial charge in [0.25, 0.3) is 0 Å². The van der Waals surface area contributed by atoms with E-state index in [1.165, 1.54) is 0 Å². The van der Waals surface area contributed by atoms with E-state index < -0.39 is 0 Å². The minimum Gasteiger partial charge on any atom is -0.354 e. The first-order valence-corrected chi connectivity index (χ1v) is 6.30. The molecule has 2 rings (SSSR count). The van der Waals surface area contributed by atoms with E-state index in [1.54, 1.807) is 4.90 Å². The topological polar surface area (TPSA) is 49.4 Å². The van der Waals surface area contributed by atoms with Crippen LogP contribution in [-0.2, 0) is 9.59 Å². The van der Waals surface area contributed by atoms with Crippen LogP contribution in [-0.4, -0.2) is 41.2 Å². The van der Waals surface area contributed by atoms with Gasteiger partial charge in [0.1, 0.15) is 0 Å². The lowest BCUT2D eigenvalue weighted by Crippen LogP contribution is -2.37. The molecule has 0 aromatic heterocycles. The number of carbonyl (C=O) groups is 2. The van der Waals surface area contributed by atoms with Crippen LogP contribution in [0.2, 0.25) is 0 Å². The molecule has 15 heavy (non-hydrogen) atoms. The molecule has 1 heterocycles. The Bertz CT molecular complexity index is 279. The molecule has 0 aromatic rings. The fourth-order valence-electron chi connectivity index (χ4n) is 1.73. The Hall–Kier alpha value is -0.580. The SMILES string of the molecule is O=C(NCCN1CCC(Br)C1=O)C1CC1.